The molecule has 138 valence electrons. The Kier molecular flexibility index (Phi) is 6.39. The van der Waals surface area contributed by atoms with Crippen molar-refractivity contribution in [3.63, 3.8) is 0 Å². The first-order valence-electron chi connectivity index (χ1n) is 7.55. The zero-order valence-electron chi connectivity index (χ0n) is 15.0. The van der Waals surface area contributed by atoms with Crippen molar-refractivity contribution in [1.82, 2.24) is 20.0 Å². The number of aromatic hydroxyl groups is 1. The Bertz CT molecular complexity index is 631. The highest BCUT2D eigenvalue weighted by molar-refractivity contribution is 5.69. The van der Waals surface area contributed by atoms with Crippen molar-refractivity contribution in [1.29, 1.82) is 0 Å². The zero-order chi connectivity index (χ0) is 18.4. The van der Waals surface area contributed by atoms with E-state index in [1.807, 2.05) is 0 Å². The number of rotatable bonds is 2. The predicted octanol–water partition coefficient (Wildman–Crippen LogP) is 3.70. The van der Waals surface area contributed by atoms with E-state index in [0.29, 0.717) is 6.61 Å². The molecule has 2 heterocycles. The van der Waals surface area contributed by atoms with E-state index in [1.165, 1.54) is 12.4 Å². The van der Waals surface area contributed by atoms with Gasteiger partial charge in [-0.25, -0.2) is 4.79 Å². The minimum Gasteiger partial charge on any atom is -0.505 e. The van der Waals surface area contributed by atoms with E-state index in [-0.39, 0.29) is 14.0 Å². The lowest BCUT2D eigenvalue weighted by molar-refractivity contribution is 0.0514. The summed E-state index contributed by atoms with van der Waals surface area (Å²) in [6.07, 6.45) is 5.17. The van der Waals surface area contributed by atoms with Crippen LogP contribution in [0.4, 0.5) is 4.79 Å². The summed E-state index contributed by atoms with van der Waals surface area (Å²) in [5, 5.41) is 19.0. The van der Waals surface area contributed by atoms with Gasteiger partial charge in [0.25, 0.3) is 0 Å². The van der Waals surface area contributed by atoms with Crippen molar-refractivity contribution in [2.24, 2.45) is 5.41 Å². The first-order valence-corrected chi connectivity index (χ1v) is 7.55. The maximum absolute atomic E-state index is 11.2. The molecular weight excluding hydrogens is 312 g/mol. The van der Waals surface area contributed by atoms with Gasteiger partial charge in [0, 0.05) is 2.85 Å². The third kappa shape index (κ3) is 8.21. The second kappa shape index (κ2) is 7.85. The molecule has 2 rings (SSSR count). The van der Waals surface area contributed by atoms with Gasteiger partial charge in [0.2, 0.25) is 0 Å². The maximum Gasteiger partial charge on any atom is 0.435 e. The molecule has 2 aromatic heterocycles. The number of carbonyl (C=O) groups is 1. The Morgan fingerprint density at radius 3 is 2.38 bits per heavy atom. The van der Waals surface area contributed by atoms with E-state index in [9.17, 15) is 4.79 Å². The topological polar surface area (TPSA) is 102 Å². The fraction of sp³-hybridized carbons (Fsp3) is 0.562. The molecule has 8 nitrogen and oxygen atoms in total. The van der Waals surface area contributed by atoms with Crippen LogP contribution in [0, 0.1) is 5.41 Å². The minimum atomic E-state index is -0.604. The molecule has 0 radical (unpaired) electrons. The van der Waals surface area contributed by atoms with Crippen LogP contribution in [0.2, 0.25) is 0 Å². The Hall–Kier alpha value is -2.51. The van der Waals surface area contributed by atoms with E-state index in [4.69, 9.17) is 14.6 Å². The van der Waals surface area contributed by atoms with Crippen LogP contribution in [0.25, 0.3) is 0 Å². The summed E-state index contributed by atoms with van der Waals surface area (Å²) in [5.41, 5.74) is -0.351. The van der Waals surface area contributed by atoms with Gasteiger partial charge < -0.3 is 14.6 Å². The van der Waals surface area contributed by atoms with Gasteiger partial charge in [0.15, 0.2) is 11.5 Å². The lowest BCUT2D eigenvalue weighted by Gasteiger charge is -2.18. The van der Waals surface area contributed by atoms with Gasteiger partial charge in [0.05, 0.1) is 31.4 Å². The Morgan fingerprint density at radius 1 is 1.29 bits per heavy atom. The molecule has 0 fully saturated rings. The molecule has 24 heavy (non-hydrogen) atoms. The van der Waals surface area contributed by atoms with Crippen LogP contribution in [0.1, 0.15) is 44.4 Å². The van der Waals surface area contributed by atoms with Gasteiger partial charge in [-0.05, 0) is 26.2 Å². The molecule has 0 aliphatic heterocycles. The summed E-state index contributed by atoms with van der Waals surface area (Å²) in [6.45, 7) is 12.4. The molecule has 2 aromatic rings. The molecule has 0 bridgehead atoms. The van der Waals surface area contributed by atoms with Crippen molar-refractivity contribution in [2.75, 3.05) is 6.61 Å². The molecule has 0 saturated carbocycles. The molecule has 0 aromatic carbocycles. The van der Waals surface area contributed by atoms with Crippen LogP contribution >= 0.6 is 0 Å². The van der Waals surface area contributed by atoms with Crippen LogP contribution in [-0.4, -0.2) is 43.4 Å². The third-order valence-corrected chi connectivity index (χ3v) is 2.29. The number of aromatic nitrogens is 4. The Balaban J connectivity index is 0. The van der Waals surface area contributed by atoms with E-state index in [1.54, 1.807) is 33.2 Å². The number of nitrogens with one attached hydrogen (secondary N) is 1. The predicted molar refractivity (Wildman–Crippen MR) is 93.3 cm³/mol. The highest BCUT2D eigenvalue weighted by atomic mass is 16.6. The molecular formula is C16H30N4O4. The largest absolute Gasteiger partial charge is 0.505 e. The molecule has 2 N–H and O–H groups in total. The zero-order valence-corrected chi connectivity index (χ0v) is 15.0. The van der Waals surface area contributed by atoms with E-state index >= 15 is 0 Å². The molecule has 0 amide bonds. The lowest BCUT2D eigenvalue weighted by Crippen LogP contribution is -2.27. The molecule has 0 unspecified atom stereocenters. The van der Waals surface area contributed by atoms with Crippen molar-refractivity contribution in [2.45, 2.75) is 47.1 Å². The molecule has 0 aliphatic carbocycles. The number of H-pyrrole nitrogens is 1. The van der Waals surface area contributed by atoms with Gasteiger partial charge in [-0.1, -0.05) is 20.8 Å². The monoisotopic (exact) mass is 342 g/mol. The Morgan fingerprint density at radius 2 is 1.96 bits per heavy atom. The van der Waals surface area contributed by atoms with Gasteiger partial charge >= 0.3 is 6.09 Å². The third-order valence-electron chi connectivity index (χ3n) is 2.29. The van der Waals surface area contributed by atoms with Gasteiger partial charge in [-0.3, -0.25) is 5.10 Å². The highest BCUT2D eigenvalue weighted by Crippen LogP contribution is 2.15. The van der Waals surface area contributed by atoms with Crippen LogP contribution in [0.5, 0.6) is 11.5 Å². The number of carbonyl (C=O) groups excluding carboxylic acids is 1. The van der Waals surface area contributed by atoms with Crippen LogP contribution < -0.4 is 4.74 Å². The summed E-state index contributed by atoms with van der Waals surface area (Å²) in [5.74, 6) is 0.741. The Labute approximate surface area is 144 Å². The summed E-state index contributed by atoms with van der Waals surface area (Å²) in [4.78, 5) is 11.2. The quantitative estimate of drug-likeness (QED) is 0.862. The molecule has 0 spiro atoms. The van der Waals surface area contributed by atoms with Crippen molar-refractivity contribution in [3.8, 4) is 11.5 Å². The smallest absolute Gasteiger partial charge is 0.435 e. The molecule has 0 atom stereocenters. The number of hydrogen-bond donors (Lipinski definition) is 2. The summed E-state index contributed by atoms with van der Waals surface area (Å²) < 4.78 is 11.3. The van der Waals surface area contributed by atoms with E-state index in [0.717, 1.165) is 10.4 Å². The molecule has 0 aliphatic rings. The number of hydrogen-bond acceptors (Lipinski definition) is 6. The maximum atomic E-state index is 11.2. The normalized spacial score (nSPS) is 11.4. The average molecular weight is 342 g/mol. The molecule has 8 heteroatoms. The van der Waals surface area contributed by atoms with Crippen molar-refractivity contribution in [3.05, 3.63) is 24.8 Å². The van der Waals surface area contributed by atoms with Crippen LogP contribution in [-0.2, 0) is 4.74 Å². The second-order valence-electron chi connectivity index (χ2n) is 7.41. The fourth-order valence-electron chi connectivity index (χ4n) is 1.34. The molecule has 0 saturated heterocycles. The first-order chi connectivity index (χ1) is 11.0. The summed E-state index contributed by atoms with van der Waals surface area (Å²) >= 11 is 0. The number of aromatic amines is 1. The SMILES string of the molecule is CC(C)(C)COc1cn[nH]c1.CC(C)(C)OC(=O)n1cc(O)cn1.[HH].[HH]. The number of ether oxygens (including phenoxy) is 2. The van der Waals surface area contributed by atoms with Gasteiger partial charge in [0.1, 0.15) is 5.60 Å². The minimum absolute atomic E-state index is 0. The van der Waals surface area contributed by atoms with Crippen LogP contribution in [0.15, 0.2) is 24.8 Å². The van der Waals surface area contributed by atoms with Gasteiger partial charge in [-0.15, -0.1) is 0 Å². The summed E-state index contributed by atoms with van der Waals surface area (Å²) in [7, 11) is 0. The summed E-state index contributed by atoms with van der Waals surface area (Å²) in [6, 6.07) is 0. The van der Waals surface area contributed by atoms with Crippen molar-refractivity contribution < 1.29 is 22.2 Å². The second-order valence-corrected chi connectivity index (χ2v) is 7.41. The fourth-order valence-corrected chi connectivity index (χ4v) is 1.34. The van der Waals surface area contributed by atoms with Gasteiger partial charge in [-0.2, -0.15) is 14.9 Å². The number of nitrogens with zero attached hydrogens (tertiary/aromatic N) is 3. The first kappa shape index (κ1) is 19.5. The van der Waals surface area contributed by atoms with Crippen molar-refractivity contribution >= 4 is 6.09 Å². The average Bonchev–Trinajstić information content (AvgIpc) is 3.05. The highest BCUT2D eigenvalue weighted by Gasteiger charge is 2.18. The lowest BCUT2D eigenvalue weighted by atomic mass is 9.99. The van der Waals surface area contributed by atoms with E-state index < -0.39 is 11.7 Å². The standard InChI is InChI=1S/C8H12N2O3.C8H14N2O.2H2/c1-8(2,3)13-7(12)10-5-6(11)4-9-10;1-8(2,3)6-11-7-4-9-10-5-7;;/h4-5,11H,1-3H3;4-5H,6H2,1-3H3,(H,9,10);2*1H. The van der Waals surface area contributed by atoms with Crippen LogP contribution in [0.3, 0.4) is 0 Å². The van der Waals surface area contributed by atoms with E-state index in [2.05, 4.69) is 36.1 Å².